The number of hydrogen-bond acceptors (Lipinski definition) is 2. The maximum atomic E-state index is 6.03. The van der Waals surface area contributed by atoms with E-state index in [1.54, 1.807) is 0 Å². The minimum absolute atomic E-state index is 0.455. The normalized spacial score (nSPS) is 13.1. The first kappa shape index (κ1) is 14.5. The summed E-state index contributed by atoms with van der Waals surface area (Å²) >= 11 is 6.03. The molecule has 1 unspecified atom stereocenters. The fourth-order valence-corrected chi connectivity index (χ4v) is 2.00. The molecule has 0 spiro atoms. The minimum Gasteiger partial charge on any atom is -0.313 e. The molecule has 0 fully saturated rings. The van der Waals surface area contributed by atoms with Gasteiger partial charge in [-0.3, -0.25) is 0 Å². The Morgan fingerprint density at radius 2 is 1.82 bits per heavy atom. The third-order valence-corrected chi connectivity index (χ3v) is 2.81. The zero-order valence-electron chi connectivity index (χ0n) is 11.2. The van der Waals surface area contributed by atoms with Crippen LogP contribution in [0.5, 0.6) is 0 Å². The summed E-state index contributed by atoms with van der Waals surface area (Å²) in [5, 5.41) is 7.72. The molecule has 0 aromatic heterocycles. The highest BCUT2D eigenvalue weighted by Crippen LogP contribution is 2.14. The van der Waals surface area contributed by atoms with Crippen LogP contribution < -0.4 is 10.6 Å². The Labute approximate surface area is 110 Å². The molecule has 0 saturated carbocycles. The predicted octanol–water partition coefficient (Wildman–Crippen LogP) is 3.12. The molecule has 3 heteroatoms. The fraction of sp³-hybridized carbons (Fsp3) is 0.571. The molecule has 0 bridgehead atoms. The first-order chi connectivity index (χ1) is 7.97. The summed E-state index contributed by atoms with van der Waals surface area (Å²) in [6.07, 6.45) is 0. The third-order valence-electron chi connectivity index (χ3n) is 2.59. The average Bonchev–Trinajstić information content (AvgIpc) is 2.22. The second kappa shape index (κ2) is 7.00. The van der Waals surface area contributed by atoms with Crippen LogP contribution >= 0.6 is 11.6 Å². The molecule has 0 aliphatic carbocycles. The van der Waals surface area contributed by atoms with Crippen molar-refractivity contribution in [3.05, 3.63) is 34.3 Å². The van der Waals surface area contributed by atoms with Crippen molar-refractivity contribution < 1.29 is 0 Å². The van der Waals surface area contributed by atoms with Crippen LogP contribution in [0.25, 0.3) is 0 Å². The summed E-state index contributed by atoms with van der Waals surface area (Å²) in [5.41, 5.74) is 2.45. The van der Waals surface area contributed by atoms with E-state index in [-0.39, 0.29) is 0 Å². The Morgan fingerprint density at radius 1 is 1.12 bits per heavy atom. The van der Waals surface area contributed by atoms with Crippen molar-refractivity contribution in [1.82, 2.24) is 10.6 Å². The summed E-state index contributed by atoms with van der Waals surface area (Å²) in [7, 11) is 0. The summed E-state index contributed by atoms with van der Waals surface area (Å²) in [6, 6.07) is 7.16. The van der Waals surface area contributed by atoms with Gasteiger partial charge < -0.3 is 10.6 Å². The van der Waals surface area contributed by atoms with E-state index >= 15 is 0 Å². The van der Waals surface area contributed by atoms with Crippen LogP contribution in [-0.2, 0) is 6.54 Å². The molecule has 0 amide bonds. The van der Waals surface area contributed by atoms with Crippen LogP contribution in [0.1, 0.15) is 31.9 Å². The lowest BCUT2D eigenvalue weighted by Gasteiger charge is -2.16. The highest BCUT2D eigenvalue weighted by Gasteiger charge is 2.03. The van der Waals surface area contributed by atoms with Crippen molar-refractivity contribution in [2.75, 3.05) is 6.54 Å². The molecule has 0 heterocycles. The second-order valence-corrected chi connectivity index (χ2v) is 5.42. The molecule has 96 valence electrons. The van der Waals surface area contributed by atoms with Crippen LogP contribution in [0, 0.1) is 6.92 Å². The zero-order chi connectivity index (χ0) is 12.8. The first-order valence-electron chi connectivity index (χ1n) is 6.20. The molecule has 2 nitrogen and oxygen atoms in total. The van der Waals surface area contributed by atoms with Gasteiger partial charge in [0.15, 0.2) is 0 Å². The Morgan fingerprint density at radius 3 is 2.41 bits per heavy atom. The molecule has 2 N–H and O–H groups in total. The van der Waals surface area contributed by atoms with Crippen LogP contribution in [0.3, 0.4) is 0 Å². The highest BCUT2D eigenvalue weighted by atomic mass is 35.5. The second-order valence-electron chi connectivity index (χ2n) is 4.98. The van der Waals surface area contributed by atoms with Crippen molar-refractivity contribution in [3.63, 3.8) is 0 Å². The number of rotatable bonds is 6. The van der Waals surface area contributed by atoms with E-state index in [9.17, 15) is 0 Å². The molecule has 17 heavy (non-hydrogen) atoms. The molecule has 0 aliphatic heterocycles. The van der Waals surface area contributed by atoms with Gasteiger partial charge in [0.05, 0.1) is 0 Å². The van der Waals surface area contributed by atoms with Gasteiger partial charge in [0.1, 0.15) is 0 Å². The molecule has 1 atom stereocenters. The molecular formula is C14H23ClN2. The molecule has 0 saturated heterocycles. The number of hydrogen-bond donors (Lipinski definition) is 2. The van der Waals surface area contributed by atoms with E-state index in [2.05, 4.69) is 44.4 Å². The van der Waals surface area contributed by atoms with Crippen molar-refractivity contribution in [1.29, 1.82) is 0 Å². The summed E-state index contributed by atoms with van der Waals surface area (Å²) in [5.74, 6) is 0. The van der Waals surface area contributed by atoms with Crippen LogP contribution in [-0.4, -0.2) is 18.6 Å². The maximum Gasteiger partial charge on any atom is 0.0411 e. The lowest BCUT2D eigenvalue weighted by Crippen LogP contribution is -2.38. The van der Waals surface area contributed by atoms with E-state index in [1.165, 1.54) is 11.1 Å². The first-order valence-corrected chi connectivity index (χ1v) is 6.58. The standard InChI is InChI=1S/C14H23ClN2/c1-10(2)16-8-12(4)17-9-13-5-11(3)6-14(15)7-13/h5-7,10,12,16-17H,8-9H2,1-4H3. The molecule has 1 aromatic rings. The van der Waals surface area contributed by atoms with E-state index in [1.807, 2.05) is 12.1 Å². The minimum atomic E-state index is 0.455. The van der Waals surface area contributed by atoms with E-state index < -0.39 is 0 Å². The Kier molecular flexibility index (Phi) is 5.96. The van der Waals surface area contributed by atoms with Crippen LogP contribution in [0.4, 0.5) is 0 Å². The van der Waals surface area contributed by atoms with Crippen molar-refractivity contribution in [2.24, 2.45) is 0 Å². The quantitative estimate of drug-likeness (QED) is 0.815. The Hall–Kier alpha value is -0.570. The maximum absolute atomic E-state index is 6.03. The van der Waals surface area contributed by atoms with Crippen LogP contribution in [0.15, 0.2) is 18.2 Å². The topological polar surface area (TPSA) is 24.1 Å². The Balaban J connectivity index is 2.39. The summed E-state index contributed by atoms with van der Waals surface area (Å²) < 4.78 is 0. The molecule has 1 aromatic carbocycles. The zero-order valence-corrected chi connectivity index (χ0v) is 11.9. The predicted molar refractivity (Wildman–Crippen MR) is 75.6 cm³/mol. The monoisotopic (exact) mass is 254 g/mol. The number of halogens is 1. The molecule has 0 aliphatic rings. The van der Waals surface area contributed by atoms with Gasteiger partial charge in [-0.2, -0.15) is 0 Å². The molecule has 0 radical (unpaired) electrons. The van der Waals surface area contributed by atoms with E-state index in [4.69, 9.17) is 11.6 Å². The van der Waals surface area contributed by atoms with Gasteiger partial charge >= 0.3 is 0 Å². The lowest BCUT2D eigenvalue weighted by atomic mass is 10.1. The lowest BCUT2D eigenvalue weighted by molar-refractivity contribution is 0.474. The third kappa shape index (κ3) is 6.06. The van der Waals surface area contributed by atoms with Crippen molar-refractivity contribution >= 4 is 11.6 Å². The van der Waals surface area contributed by atoms with Gasteiger partial charge in [0.25, 0.3) is 0 Å². The number of nitrogens with one attached hydrogen (secondary N) is 2. The van der Waals surface area contributed by atoms with Crippen LogP contribution in [0.2, 0.25) is 5.02 Å². The van der Waals surface area contributed by atoms with Gasteiger partial charge in [-0.1, -0.05) is 31.5 Å². The summed E-state index contributed by atoms with van der Waals surface area (Å²) in [4.78, 5) is 0. The van der Waals surface area contributed by atoms with Gasteiger partial charge in [-0.15, -0.1) is 0 Å². The molecule has 1 rings (SSSR count). The van der Waals surface area contributed by atoms with Gasteiger partial charge in [-0.25, -0.2) is 0 Å². The van der Waals surface area contributed by atoms with Crippen molar-refractivity contribution in [2.45, 2.75) is 46.3 Å². The fourth-order valence-electron chi connectivity index (χ4n) is 1.69. The smallest absolute Gasteiger partial charge is 0.0411 e. The Bertz CT molecular complexity index is 330. The largest absolute Gasteiger partial charge is 0.313 e. The SMILES string of the molecule is Cc1cc(Cl)cc(CNC(C)CNC(C)C)c1. The van der Waals surface area contributed by atoms with Gasteiger partial charge in [0, 0.05) is 30.2 Å². The van der Waals surface area contributed by atoms with Gasteiger partial charge in [-0.05, 0) is 37.1 Å². The van der Waals surface area contributed by atoms with Gasteiger partial charge in [0.2, 0.25) is 0 Å². The van der Waals surface area contributed by atoms with E-state index in [0.29, 0.717) is 12.1 Å². The molecular weight excluding hydrogens is 232 g/mol. The highest BCUT2D eigenvalue weighted by molar-refractivity contribution is 6.30. The van der Waals surface area contributed by atoms with Crippen molar-refractivity contribution in [3.8, 4) is 0 Å². The number of aryl methyl sites for hydroxylation is 1. The summed E-state index contributed by atoms with van der Waals surface area (Å²) in [6.45, 7) is 10.4. The average molecular weight is 255 g/mol. The number of benzene rings is 1. The van der Waals surface area contributed by atoms with E-state index in [0.717, 1.165) is 18.1 Å².